The first kappa shape index (κ1) is 16.8. The molecule has 0 unspecified atom stereocenters. The van der Waals surface area contributed by atoms with Crippen molar-refractivity contribution in [2.45, 2.75) is 0 Å². The molecule has 0 aliphatic carbocycles. The molecule has 8 heteroatoms. The zero-order valence-electron chi connectivity index (χ0n) is 13.5. The number of rotatable bonds is 4. The van der Waals surface area contributed by atoms with Crippen molar-refractivity contribution in [1.82, 2.24) is 9.97 Å². The lowest BCUT2D eigenvalue weighted by molar-refractivity contribution is 0.171. The SMILES string of the molecule is Clc1ccc(Cl)c(Nc2cc(Nc3ccc4c(c3)OCCO4)ncn2)c1. The summed E-state index contributed by atoms with van der Waals surface area (Å²) in [5.41, 5.74) is 1.50. The van der Waals surface area contributed by atoms with E-state index in [9.17, 15) is 0 Å². The fourth-order valence-corrected chi connectivity index (χ4v) is 2.83. The van der Waals surface area contributed by atoms with E-state index in [1.807, 2.05) is 18.2 Å². The Balaban J connectivity index is 1.53. The lowest BCUT2D eigenvalue weighted by Gasteiger charge is -2.19. The summed E-state index contributed by atoms with van der Waals surface area (Å²) in [5, 5.41) is 7.49. The second kappa shape index (κ2) is 7.27. The molecule has 1 aliphatic rings. The van der Waals surface area contributed by atoms with Gasteiger partial charge in [0.05, 0.1) is 10.7 Å². The third kappa shape index (κ3) is 3.76. The maximum Gasteiger partial charge on any atom is 0.163 e. The minimum atomic E-state index is 0.540. The molecule has 0 bridgehead atoms. The predicted octanol–water partition coefficient (Wildman–Crippen LogP) is 5.04. The molecule has 2 N–H and O–H groups in total. The van der Waals surface area contributed by atoms with Gasteiger partial charge >= 0.3 is 0 Å². The van der Waals surface area contributed by atoms with Crippen LogP contribution in [0.15, 0.2) is 48.8 Å². The van der Waals surface area contributed by atoms with Crippen LogP contribution in [0.5, 0.6) is 11.5 Å². The Morgan fingerprint density at radius 1 is 0.808 bits per heavy atom. The van der Waals surface area contributed by atoms with Crippen LogP contribution >= 0.6 is 23.2 Å². The molecule has 1 aliphatic heterocycles. The highest BCUT2D eigenvalue weighted by molar-refractivity contribution is 6.35. The van der Waals surface area contributed by atoms with E-state index >= 15 is 0 Å². The second-order valence-corrected chi connectivity index (χ2v) is 6.36. The molecule has 0 radical (unpaired) electrons. The Hall–Kier alpha value is -2.70. The van der Waals surface area contributed by atoms with Gasteiger partial charge in [0.1, 0.15) is 31.2 Å². The molecular formula is C18H14Cl2N4O2. The normalized spacial score (nSPS) is 12.5. The van der Waals surface area contributed by atoms with E-state index in [-0.39, 0.29) is 0 Å². The summed E-state index contributed by atoms with van der Waals surface area (Å²) in [6.07, 6.45) is 1.46. The number of halogens is 2. The van der Waals surface area contributed by atoms with Gasteiger partial charge in [-0.25, -0.2) is 9.97 Å². The molecule has 6 nitrogen and oxygen atoms in total. The smallest absolute Gasteiger partial charge is 0.163 e. The molecule has 0 spiro atoms. The van der Waals surface area contributed by atoms with Crippen molar-refractivity contribution in [3.05, 3.63) is 58.8 Å². The van der Waals surface area contributed by atoms with E-state index in [0.717, 1.165) is 11.4 Å². The summed E-state index contributed by atoms with van der Waals surface area (Å²) >= 11 is 12.2. The standard InChI is InChI=1S/C18H14Cl2N4O2/c19-11-1-3-13(20)14(7-11)24-18-9-17(21-10-22-18)23-12-2-4-15-16(8-12)26-6-5-25-15/h1-4,7-10H,5-6H2,(H2,21,22,23,24). The van der Waals surface area contributed by atoms with Crippen LogP contribution in [0.25, 0.3) is 0 Å². The summed E-state index contributed by atoms with van der Waals surface area (Å²) < 4.78 is 11.1. The van der Waals surface area contributed by atoms with Gasteiger partial charge in [0.2, 0.25) is 0 Å². The Labute approximate surface area is 160 Å². The van der Waals surface area contributed by atoms with Crippen LogP contribution in [-0.2, 0) is 0 Å². The van der Waals surface area contributed by atoms with Crippen molar-refractivity contribution in [2.75, 3.05) is 23.8 Å². The van der Waals surface area contributed by atoms with Gasteiger partial charge in [0.25, 0.3) is 0 Å². The van der Waals surface area contributed by atoms with Crippen LogP contribution < -0.4 is 20.1 Å². The molecule has 2 aromatic carbocycles. The minimum Gasteiger partial charge on any atom is -0.486 e. The van der Waals surface area contributed by atoms with Crippen LogP contribution in [0, 0.1) is 0 Å². The third-order valence-corrected chi connectivity index (χ3v) is 4.24. The van der Waals surface area contributed by atoms with Crippen molar-refractivity contribution >= 4 is 46.2 Å². The van der Waals surface area contributed by atoms with Gasteiger partial charge in [-0.15, -0.1) is 0 Å². The van der Waals surface area contributed by atoms with Crippen LogP contribution in [0.3, 0.4) is 0 Å². The monoisotopic (exact) mass is 388 g/mol. The first-order valence-corrected chi connectivity index (χ1v) is 8.64. The maximum atomic E-state index is 6.18. The second-order valence-electron chi connectivity index (χ2n) is 5.52. The zero-order chi connectivity index (χ0) is 17.9. The number of nitrogens with zero attached hydrogens (tertiary/aromatic N) is 2. The summed E-state index contributed by atoms with van der Waals surface area (Å²) in [7, 11) is 0. The molecule has 132 valence electrons. The summed E-state index contributed by atoms with van der Waals surface area (Å²) in [4.78, 5) is 8.44. The molecule has 0 saturated heterocycles. The van der Waals surface area contributed by atoms with Gasteiger partial charge in [-0.2, -0.15) is 0 Å². The number of hydrogen-bond acceptors (Lipinski definition) is 6. The molecule has 2 heterocycles. The average molecular weight is 389 g/mol. The van der Waals surface area contributed by atoms with Crippen LogP contribution in [0.4, 0.5) is 23.0 Å². The first-order chi connectivity index (χ1) is 12.7. The Bertz CT molecular complexity index is 952. The van der Waals surface area contributed by atoms with Gasteiger partial charge in [0.15, 0.2) is 11.5 Å². The van der Waals surface area contributed by atoms with Crippen molar-refractivity contribution in [3.8, 4) is 11.5 Å². The lowest BCUT2D eigenvalue weighted by atomic mass is 10.2. The molecule has 3 aromatic rings. The van der Waals surface area contributed by atoms with E-state index in [4.69, 9.17) is 32.7 Å². The van der Waals surface area contributed by atoms with E-state index < -0.39 is 0 Å². The zero-order valence-corrected chi connectivity index (χ0v) is 15.0. The third-order valence-electron chi connectivity index (χ3n) is 3.67. The maximum absolute atomic E-state index is 6.18. The highest BCUT2D eigenvalue weighted by Crippen LogP contribution is 2.34. The summed E-state index contributed by atoms with van der Waals surface area (Å²) in [6, 6.07) is 12.6. The highest BCUT2D eigenvalue weighted by Gasteiger charge is 2.12. The van der Waals surface area contributed by atoms with Gasteiger partial charge in [-0.1, -0.05) is 23.2 Å². The van der Waals surface area contributed by atoms with Crippen LogP contribution in [-0.4, -0.2) is 23.2 Å². The van der Waals surface area contributed by atoms with Crippen LogP contribution in [0.1, 0.15) is 0 Å². The number of hydrogen-bond donors (Lipinski definition) is 2. The Kier molecular flexibility index (Phi) is 4.69. The van der Waals surface area contributed by atoms with Crippen LogP contribution in [0.2, 0.25) is 10.0 Å². The van der Waals surface area contributed by atoms with Gasteiger partial charge in [-0.3, -0.25) is 0 Å². The molecular weight excluding hydrogens is 375 g/mol. The van der Waals surface area contributed by atoms with Gasteiger partial charge in [0, 0.05) is 22.8 Å². The molecule has 0 atom stereocenters. The number of aromatic nitrogens is 2. The molecule has 1 aromatic heterocycles. The Morgan fingerprint density at radius 2 is 1.58 bits per heavy atom. The number of benzene rings is 2. The largest absolute Gasteiger partial charge is 0.486 e. The number of ether oxygens (including phenoxy) is 2. The quantitative estimate of drug-likeness (QED) is 0.652. The van der Waals surface area contributed by atoms with Gasteiger partial charge < -0.3 is 20.1 Å². The number of anilines is 4. The molecule has 0 amide bonds. The first-order valence-electron chi connectivity index (χ1n) is 7.88. The van der Waals surface area contributed by atoms with E-state index in [1.54, 1.807) is 24.3 Å². The van der Waals surface area contributed by atoms with E-state index in [2.05, 4.69) is 20.6 Å². The topological polar surface area (TPSA) is 68.3 Å². The van der Waals surface area contributed by atoms with Crippen molar-refractivity contribution < 1.29 is 9.47 Å². The predicted molar refractivity (Wildman–Crippen MR) is 102 cm³/mol. The average Bonchev–Trinajstić information content (AvgIpc) is 2.65. The van der Waals surface area contributed by atoms with Gasteiger partial charge in [-0.05, 0) is 30.3 Å². The van der Waals surface area contributed by atoms with Crippen molar-refractivity contribution in [1.29, 1.82) is 0 Å². The van der Waals surface area contributed by atoms with E-state index in [1.165, 1.54) is 6.33 Å². The van der Waals surface area contributed by atoms with Crippen molar-refractivity contribution in [2.24, 2.45) is 0 Å². The molecule has 4 rings (SSSR count). The van der Waals surface area contributed by atoms with E-state index in [0.29, 0.717) is 46.3 Å². The fraction of sp³-hybridized carbons (Fsp3) is 0.111. The Morgan fingerprint density at radius 3 is 2.42 bits per heavy atom. The number of nitrogens with one attached hydrogen (secondary N) is 2. The summed E-state index contributed by atoms with van der Waals surface area (Å²) in [6.45, 7) is 1.10. The lowest BCUT2D eigenvalue weighted by Crippen LogP contribution is -2.15. The molecule has 0 fully saturated rings. The minimum absolute atomic E-state index is 0.540. The highest BCUT2D eigenvalue weighted by atomic mass is 35.5. The molecule has 0 saturated carbocycles. The number of fused-ring (bicyclic) bond motifs is 1. The summed E-state index contributed by atoms with van der Waals surface area (Å²) in [5.74, 6) is 2.66. The fourth-order valence-electron chi connectivity index (χ4n) is 2.49. The van der Waals surface area contributed by atoms with Crippen molar-refractivity contribution in [3.63, 3.8) is 0 Å². The molecule has 26 heavy (non-hydrogen) atoms.